The summed E-state index contributed by atoms with van der Waals surface area (Å²) in [4.78, 5) is 23.8. The molecule has 0 saturated heterocycles. The average Bonchev–Trinajstić information content (AvgIpc) is 2.79. The van der Waals surface area contributed by atoms with Crippen LogP contribution in [0, 0.1) is 0 Å². The predicted octanol–water partition coefficient (Wildman–Crippen LogP) is 4.02. The molecular weight excluding hydrogens is 354 g/mol. The van der Waals surface area contributed by atoms with Crippen LogP contribution in [-0.2, 0) is 17.6 Å². The lowest BCUT2D eigenvalue weighted by Crippen LogP contribution is -2.05. The molecule has 0 aromatic heterocycles. The molecule has 2 aromatic rings. The number of ketones is 1. The molecule has 0 atom stereocenters. The second kappa shape index (κ2) is 5.62. The van der Waals surface area contributed by atoms with Gasteiger partial charge in [0.15, 0.2) is 5.78 Å². The molecule has 1 heterocycles. The van der Waals surface area contributed by atoms with Crippen molar-refractivity contribution < 1.29 is 9.59 Å². The van der Waals surface area contributed by atoms with Gasteiger partial charge in [-0.2, -0.15) is 0 Å². The topological polar surface area (TPSA) is 46.2 Å². The number of carbonyl (C=O) groups excluding carboxylic acids is 2. The number of carbonyl (C=O) groups is 2. The van der Waals surface area contributed by atoms with E-state index in [2.05, 4.69) is 21.2 Å². The largest absolute Gasteiger partial charge is 0.325 e. The molecule has 2 aromatic carbocycles. The summed E-state index contributed by atoms with van der Waals surface area (Å²) in [6.45, 7) is 0. The summed E-state index contributed by atoms with van der Waals surface area (Å²) < 4.78 is 0.971. The summed E-state index contributed by atoms with van der Waals surface area (Å²) in [5, 5.41) is 3.09. The minimum atomic E-state index is -0.0708. The Bertz CT molecular complexity index is 741. The molecule has 21 heavy (non-hydrogen) atoms. The van der Waals surface area contributed by atoms with Crippen LogP contribution in [0.25, 0.3) is 0 Å². The summed E-state index contributed by atoms with van der Waals surface area (Å²) >= 11 is 9.52. The van der Waals surface area contributed by atoms with Crippen LogP contribution in [0.1, 0.15) is 21.5 Å². The molecule has 3 nitrogen and oxygen atoms in total. The predicted molar refractivity (Wildman–Crippen MR) is 86.0 cm³/mol. The lowest BCUT2D eigenvalue weighted by Gasteiger charge is -2.07. The van der Waals surface area contributed by atoms with Crippen LogP contribution in [0.5, 0.6) is 0 Å². The lowest BCUT2D eigenvalue weighted by molar-refractivity contribution is -0.115. The van der Waals surface area contributed by atoms with E-state index >= 15 is 0 Å². The fourth-order valence-corrected chi connectivity index (χ4v) is 2.88. The Kier molecular flexibility index (Phi) is 3.83. The van der Waals surface area contributed by atoms with Crippen molar-refractivity contribution in [3.63, 3.8) is 0 Å². The summed E-state index contributed by atoms with van der Waals surface area (Å²) in [7, 11) is 0. The zero-order valence-corrected chi connectivity index (χ0v) is 13.3. The molecule has 0 spiro atoms. The smallest absolute Gasteiger partial charge is 0.228 e. The zero-order chi connectivity index (χ0) is 15.0. The highest BCUT2D eigenvalue weighted by Crippen LogP contribution is 2.30. The molecule has 1 aliphatic heterocycles. The minimum absolute atomic E-state index is 0.0514. The number of amides is 1. The molecule has 3 rings (SSSR count). The van der Waals surface area contributed by atoms with Crippen LogP contribution < -0.4 is 5.32 Å². The van der Waals surface area contributed by atoms with Crippen molar-refractivity contribution >= 4 is 44.9 Å². The third kappa shape index (κ3) is 3.01. The van der Waals surface area contributed by atoms with Gasteiger partial charge in [0.1, 0.15) is 0 Å². The number of halogens is 2. The summed E-state index contributed by atoms with van der Waals surface area (Å²) in [6, 6.07) is 11.0. The molecule has 1 N–H and O–H groups in total. The van der Waals surface area contributed by atoms with Gasteiger partial charge in [0.05, 0.1) is 11.4 Å². The SMILES string of the molecule is O=C1Cc2cc(C(=O)Cc3ccc(Br)cc3)c(Cl)cc2N1. The first kappa shape index (κ1) is 14.3. The Morgan fingerprint density at radius 2 is 1.95 bits per heavy atom. The fraction of sp³-hybridized carbons (Fsp3) is 0.125. The summed E-state index contributed by atoms with van der Waals surface area (Å²) in [6.07, 6.45) is 0.582. The van der Waals surface area contributed by atoms with Gasteiger partial charge in [-0.3, -0.25) is 9.59 Å². The molecule has 0 saturated carbocycles. The van der Waals surface area contributed by atoms with Gasteiger partial charge in [-0.15, -0.1) is 0 Å². The van der Waals surface area contributed by atoms with Gasteiger partial charge in [-0.25, -0.2) is 0 Å². The third-order valence-corrected chi connectivity index (χ3v) is 4.24. The van der Waals surface area contributed by atoms with Crippen LogP contribution in [0.4, 0.5) is 5.69 Å². The van der Waals surface area contributed by atoms with Crippen LogP contribution in [-0.4, -0.2) is 11.7 Å². The third-order valence-electron chi connectivity index (χ3n) is 3.40. The number of Topliss-reactive ketones (excluding diaryl/α,β-unsaturated/α-hetero) is 1. The maximum absolute atomic E-state index is 12.4. The number of anilines is 1. The number of fused-ring (bicyclic) bond motifs is 1. The first-order chi connectivity index (χ1) is 10.0. The molecule has 5 heteroatoms. The molecule has 0 fully saturated rings. The number of benzene rings is 2. The summed E-state index contributed by atoms with van der Waals surface area (Å²) in [5.74, 6) is -0.122. The zero-order valence-electron chi connectivity index (χ0n) is 11.0. The van der Waals surface area contributed by atoms with Gasteiger partial charge >= 0.3 is 0 Å². The molecule has 1 aliphatic rings. The van der Waals surface area contributed by atoms with Gasteiger partial charge in [0, 0.05) is 22.1 Å². The van der Waals surface area contributed by atoms with Crippen molar-refractivity contribution in [2.45, 2.75) is 12.8 Å². The number of hydrogen-bond donors (Lipinski definition) is 1. The van der Waals surface area contributed by atoms with Crippen molar-refractivity contribution in [2.75, 3.05) is 5.32 Å². The quantitative estimate of drug-likeness (QED) is 0.836. The Morgan fingerprint density at radius 3 is 2.67 bits per heavy atom. The van der Waals surface area contributed by atoms with Gasteiger partial charge in [0.25, 0.3) is 0 Å². The highest BCUT2D eigenvalue weighted by molar-refractivity contribution is 9.10. The van der Waals surface area contributed by atoms with E-state index in [0.29, 0.717) is 22.7 Å². The van der Waals surface area contributed by atoms with Gasteiger partial charge in [-0.1, -0.05) is 39.7 Å². The number of rotatable bonds is 3. The van der Waals surface area contributed by atoms with E-state index in [-0.39, 0.29) is 18.1 Å². The van der Waals surface area contributed by atoms with Crippen molar-refractivity contribution in [1.82, 2.24) is 0 Å². The van der Waals surface area contributed by atoms with Crippen molar-refractivity contribution in [2.24, 2.45) is 0 Å². The van der Waals surface area contributed by atoms with E-state index < -0.39 is 0 Å². The van der Waals surface area contributed by atoms with Crippen LogP contribution >= 0.6 is 27.5 Å². The maximum Gasteiger partial charge on any atom is 0.228 e. The maximum atomic E-state index is 12.4. The molecule has 0 unspecified atom stereocenters. The Balaban J connectivity index is 1.87. The van der Waals surface area contributed by atoms with E-state index in [1.807, 2.05) is 24.3 Å². The lowest BCUT2D eigenvalue weighted by atomic mass is 10.00. The molecule has 106 valence electrons. The number of nitrogens with one attached hydrogen (secondary N) is 1. The van der Waals surface area contributed by atoms with E-state index in [1.165, 1.54) is 0 Å². The van der Waals surface area contributed by atoms with Gasteiger partial charge < -0.3 is 5.32 Å². The molecule has 0 radical (unpaired) electrons. The average molecular weight is 365 g/mol. The van der Waals surface area contributed by atoms with Crippen molar-refractivity contribution in [1.29, 1.82) is 0 Å². The van der Waals surface area contributed by atoms with Gasteiger partial charge in [-0.05, 0) is 35.4 Å². The second-order valence-electron chi connectivity index (χ2n) is 4.94. The van der Waals surface area contributed by atoms with Crippen LogP contribution in [0.3, 0.4) is 0 Å². The van der Waals surface area contributed by atoms with Crippen LogP contribution in [0.2, 0.25) is 5.02 Å². The van der Waals surface area contributed by atoms with Crippen molar-refractivity contribution in [3.8, 4) is 0 Å². The standard InChI is InChI=1S/C16H11BrClNO2/c17-11-3-1-9(2-4-11)5-15(20)12-6-10-7-16(21)19-14(10)8-13(12)18/h1-4,6,8H,5,7H2,(H,19,21). The monoisotopic (exact) mass is 363 g/mol. The van der Waals surface area contributed by atoms with Crippen LogP contribution in [0.15, 0.2) is 40.9 Å². The molecule has 0 bridgehead atoms. The highest BCUT2D eigenvalue weighted by atomic mass is 79.9. The Morgan fingerprint density at radius 1 is 1.24 bits per heavy atom. The van der Waals surface area contributed by atoms with E-state index in [4.69, 9.17) is 11.6 Å². The highest BCUT2D eigenvalue weighted by Gasteiger charge is 2.21. The first-order valence-electron chi connectivity index (χ1n) is 6.43. The van der Waals surface area contributed by atoms with E-state index in [0.717, 1.165) is 15.6 Å². The van der Waals surface area contributed by atoms with E-state index in [1.54, 1.807) is 12.1 Å². The molecule has 0 aliphatic carbocycles. The fourth-order valence-electron chi connectivity index (χ4n) is 2.34. The second-order valence-corrected chi connectivity index (χ2v) is 6.26. The molecular formula is C16H11BrClNO2. The number of hydrogen-bond acceptors (Lipinski definition) is 2. The minimum Gasteiger partial charge on any atom is -0.325 e. The van der Waals surface area contributed by atoms with E-state index in [9.17, 15) is 9.59 Å². The first-order valence-corrected chi connectivity index (χ1v) is 7.60. The molecule has 1 amide bonds. The summed E-state index contributed by atoms with van der Waals surface area (Å²) in [5.41, 5.74) is 2.91. The van der Waals surface area contributed by atoms with Crippen molar-refractivity contribution in [3.05, 3.63) is 62.6 Å². The normalized spacial score (nSPS) is 13.0. The Labute approximate surface area is 135 Å². The van der Waals surface area contributed by atoms with Gasteiger partial charge in [0.2, 0.25) is 5.91 Å². The Hall–Kier alpha value is -1.65.